The van der Waals surface area contributed by atoms with Crippen LogP contribution in [0.5, 0.6) is 5.75 Å². The molecule has 0 aliphatic carbocycles. The molecule has 1 amide bonds. The molecule has 6 heteroatoms. The Bertz CT molecular complexity index is 579. The van der Waals surface area contributed by atoms with Crippen molar-refractivity contribution in [1.82, 2.24) is 4.90 Å². The van der Waals surface area contributed by atoms with Crippen molar-refractivity contribution in [2.45, 2.75) is 18.9 Å². The summed E-state index contributed by atoms with van der Waals surface area (Å²) >= 11 is 0. The first kappa shape index (κ1) is 14.9. The first-order valence-corrected chi connectivity index (χ1v) is 6.66. The highest BCUT2D eigenvalue weighted by Crippen LogP contribution is 2.20. The second-order valence-electron chi connectivity index (χ2n) is 4.66. The van der Waals surface area contributed by atoms with E-state index in [0.29, 0.717) is 24.3 Å². The summed E-state index contributed by atoms with van der Waals surface area (Å²) in [7, 11) is 1.31. The van der Waals surface area contributed by atoms with Crippen LogP contribution in [0.3, 0.4) is 0 Å². The zero-order valence-electron chi connectivity index (χ0n) is 11.7. The topological polar surface area (TPSA) is 79.6 Å². The summed E-state index contributed by atoms with van der Waals surface area (Å²) in [6, 6.07) is 8.17. The van der Waals surface area contributed by atoms with Crippen molar-refractivity contribution in [3.63, 3.8) is 0 Å². The van der Waals surface area contributed by atoms with E-state index in [9.17, 15) is 9.59 Å². The van der Waals surface area contributed by atoms with Crippen LogP contribution in [-0.4, -0.2) is 43.1 Å². The van der Waals surface area contributed by atoms with E-state index in [2.05, 4.69) is 0 Å². The van der Waals surface area contributed by atoms with E-state index in [-0.39, 0.29) is 12.5 Å². The summed E-state index contributed by atoms with van der Waals surface area (Å²) in [4.78, 5) is 25.2. The molecule has 0 saturated carbocycles. The van der Waals surface area contributed by atoms with Crippen molar-refractivity contribution in [2.24, 2.45) is 0 Å². The molecule has 0 bridgehead atoms. The molecule has 0 aromatic heterocycles. The normalized spacial score (nSPS) is 17.1. The molecule has 110 valence electrons. The number of hydrogen-bond acceptors (Lipinski definition) is 5. The minimum atomic E-state index is -0.530. The lowest BCUT2D eigenvalue weighted by Gasteiger charge is -2.22. The number of carbonyl (C=O) groups is 2. The summed E-state index contributed by atoms with van der Waals surface area (Å²) in [5.74, 6) is -0.323. The number of likely N-dealkylation sites (tertiary alicyclic amines) is 1. The van der Waals surface area contributed by atoms with Crippen LogP contribution in [0.25, 0.3) is 0 Å². The second-order valence-corrected chi connectivity index (χ2v) is 4.66. The second kappa shape index (κ2) is 6.75. The molecule has 1 saturated heterocycles. The SMILES string of the molecule is COC(=O)C1CCCN1C(=O)COc1ccccc1C#N. The highest BCUT2D eigenvalue weighted by atomic mass is 16.5. The fourth-order valence-corrected chi connectivity index (χ4v) is 2.35. The van der Waals surface area contributed by atoms with Gasteiger partial charge in [0.05, 0.1) is 12.7 Å². The summed E-state index contributed by atoms with van der Waals surface area (Å²) in [6.07, 6.45) is 1.37. The van der Waals surface area contributed by atoms with Crippen molar-refractivity contribution >= 4 is 11.9 Å². The fraction of sp³-hybridized carbons (Fsp3) is 0.400. The molecule has 1 aromatic rings. The number of ether oxygens (including phenoxy) is 2. The van der Waals surface area contributed by atoms with Crippen LogP contribution >= 0.6 is 0 Å². The van der Waals surface area contributed by atoms with Gasteiger partial charge in [0, 0.05) is 6.54 Å². The third-order valence-electron chi connectivity index (χ3n) is 3.41. The zero-order chi connectivity index (χ0) is 15.2. The van der Waals surface area contributed by atoms with Gasteiger partial charge < -0.3 is 14.4 Å². The van der Waals surface area contributed by atoms with Gasteiger partial charge >= 0.3 is 5.97 Å². The smallest absolute Gasteiger partial charge is 0.328 e. The van der Waals surface area contributed by atoms with Gasteiger partial charge in [-0.2, -0.15) is 5.26 Å². The fourth-order valence-electron chi connectivity index (χ4n) is 2.35. The largest absolute Gasteiger partial charge is 0.482 e. The maximum atomic E-state index is 12.2. The maximum absolute atomic E-state index is 12.2. The van der Waals surface area contributed by atoms with Crippen LogP contribution in [0.15, 0.2) is 24.3 Å². The van der Waals surface area contributed by atoms with Crippen molar-refractivity contribution in [1.29, 1.82) is 5.26 Å². The van der Waals surface area contributed by atoms with E-state index in [4.69, 9.17) is 14.7 Å². The van der Waals surface area contributed by atoms with E-state index in [1.54, 1.807) is 24.3 Å². The van der Waals surface area contributed by atoms with Crippen LogP contribution in [0.2, 0.25) is 0 Å². The van der Waals surface area contributed by atoms with Crippen LogP contribution in [0, 0.1) is 11.3 Å². The van der Waals surface area contributed by atoms with E-state index in [1.165, 1.54) is 12.0 Å². The number of methoxy groups -OCH3 is 1. The third-order valence-corrected chi connectivity index (χ3v) is 3.41. The Kier molecular flexibility index (Phi) is 4.77. The molecule has 1 heterocycles. The highest BCUT2D eigenvalue weighted by molar-refractivity contribution is 5.85. The molecule has 21 heavy (non-hydrogen) atoms. The van der Waals surface area contributed by atoms with Crippen molar-refractivity contribution in [3.05, 3.63) is 29.8 Å². The monoisotopic (exact) mass is 288 g/mol. The van der Waals surface area contributed by atoms with Gasteiger partial charge in [-0.15, -0.1) is 0 Å². The molecule has 0 N–H and O–H groups in total. The van der Waals surface area contributed by atoms with Crippen LogP contribution in [0.1, 0.15) is 18.4 Å². The predicted octanol–water partition coefficient (Wildman–Crippen LogP) is 1.10. The van der Waals surface area contributed by atoms with Gasteiger partial charge in [0.1, 0.15) is 17.9 Å². The van der Waals surface area contributed by atoms with Crippen molar-refractivity contribution < 1.29 is 19.1 Å². The number of rotatable bonds is 4. The molecule has 1 unspecified atom stereocenters. The van der Waals surface area contributed by atoms with Gasteiger partial charge in [-0.1, -0.05) is 12.1 Å². The molecular weight excluding hydrogens is 272 g/mol. The summed E-state index contributed by atoms with van der Waals surface area (Å²) in [5, 5.41) is 8.96. The van der Waals surface area contributed by atoms with E-state index < -0.39 is 12.0 Å². The molecule has 6 nitrogen and oxygen atoms in total. The molecule has 0 spiro atoms. The molecule has 0 radical (unpaired) electrons. The summed E-state index contributed by atoms with van der Waals surface area (Å²) in [5.41, 5.74) is 0.372. The first-order valence-electron chi connectivity index (χ1n) is 6.66. The third kappa shape index (κ3) is 3.31. The van der Waals surface area contributed by atoms with Crippen molar-refractivity contribution in [3.8, 4) is 11.8 Å². The van der Waals surface area contributed by atoms with Gasteiger partial charge in [0.2, 0.25) is 0 Å². The highest BCUT2D eigenvalue weighted by Gasteiger charge is 2.34. The summed E-state index contributed by atoms with van der Waals surface area (Å²) < 4.78 is 10.1. The van der Waals surface area contributed by atoms with Crippen molar-refractivity contribution in [2.75, 3.05) is 20.3 Å². The number of para-hydroxylation sites is 1. The number of esters is 1. The number of nitrogens with zero attached hydrogens (tertiary/aromatic N) is 2. The van der Waals surface area contributed by atoms with E-state index in [0.717, 1.165) is 6.42 Å². The molecule has 1 atom stereocenters. The number of carbonyl (C=O) groups excluding carboxylic acids is 2. The maximum Gasteiger partial charge on any atom is 0.328 e. The Morgan fingerprint density at radius 1 is 1.43 bits per heavy atom. The Balaban J connectivity index is 1.99. The Morgan fingerprint density at radius 2 is 2.19 bits per heavy atom. The lowest BCUT2D eigenvalue weighted by atomic mass is 10.2. The molecule has 1 aliphatic heterocycles. The van der Waals surface area contributed by atoms with Gasteiger partial charge in [-0.25, -0.2) is 4.79 Å². The van der Waals surface area contributed by atoms with Gasteiger partial charge in [0.15, 0.2) is 6.61 Å². The first-order chi connectivity index (χ1) is 10.2. The minimum absolute atomic E-state index is 0.202. The van der Waals surface area contributed by atoms with Gasteiger partial charge in [0.25, 0.3) is 5.91 Å². The predicted molar refractivity (Wildman–Crippen MR) is 73.4 cm³/mol. The Labute approximate surface area is 122 Å². The van der Waals surface area contributed by atoms with Crippen LogP contribution < -0.4 is 4.74 Å². The molecule has 1 aromatic carbocycles. The average molecular weight is 288 g/mol. The number of hydrogen-bond donors (Lipinski definition) is 0. The van der Waals surface area contributed by atoms with Crippen LogP contribution in [-0.2, 0) is 14.3 Å². The Hall–Kier alpha value is -2.55. The lowest BCUT2D eigenvalue weighted by Crippen LogP contribution is -2.43. The lowest BCUT2D eigenvalue weighted by molar-refractivity contribution is -0.151. The van der Waals surface area contributed by atoms with Gasteiger partial charge in [-0.3, -0.25) is 4.79 Å². The number of nitriles is 1. The summed E-state index contributed by atoms with van der Waals surface area (Å²) in [6.45, 7) is 0.314. The average Bonchev–Trinajstić information content (AvgIpc) is 3.01. The molecule has 1 aliphatic rings. The van der Waals surface area contributed by atoms with Gasteiger partial charge in [-0.05, 0) is 25.0 Å². The molecular formula is C15H16N2O4. The standard InChI is InChI=1S/C15H16N2O4/c1-20-15(19)12-6-4-8-17(12)14(18)10-21-13-7-3-2-5-11(13)9-16/h2-3,5,7,12H,4,6,8,10H2,1H3. The minimum Gasteiger partial charge on any atom is -0.482 e. The van der Waals surface area contributed by atoms with E-state index in [1.807, 2.05) is 6.07 Å². The zero-order valence-corrected chi connectivity index (χ0v) is 11.7. The molecule has 2 rings (SSSR count). The number of amides is 1. The molecule has 1 fully saturated rings. The van der Waals surface area contributed by atoms with E-state index >= 15 is 0 Å². The Morgan fingerprint density at radius 3 is 2.90 bits per heavy atom. The quantitative estimate of drug-likeness (QED) is 0.775. The van der Waals surface area contributed by atoms with Crippen LogP contribution in [0.4, 0.5) is 0 Å². The number of benzene rings is 1.